The fourth-order valence-electron chi connectivity index (χ4n) is 3.49. The van der Waals surface area contributed by atoms with Gasteiger partial charge in [0.15, 0.2) is 6.23 Å². The molecule has 2 aromatic carbocycles. The molecule has 3 atom stereocenters. The van der Waals surface area contributed by atoms with Crippen molar-refractivity contribution >= 4 is 16.9 Å². The molecule has 1 saturated heterocycles. The molecule has 0 radical (unpaired) electrons. The summed E-state index contributed by atoms with van der Waals surface area (Å²) in [6, 6.07) is 13.6. The smallest absolute Gasteiger partial charge is 0.271 e. The topological polar surface area (TPSA) is 135 Å². The lowest BCUT2D eigenvalue weighted by Crippen LogP contribution is -2.32. The van der Waals surface area contributed by atoms with Gasteiger partial charge < -0.3 is 10.1 Å². The Morgan fingerprint density at radius 1 is 1.23 bits per heavy atom. The number of non-ortho nitro benzene ring substituents is 1. The SMILES string of the molecule is CC1([N+](=O)[O-])C=CC(c2ccc([N+](=O)[O-])cc2NC2OC2c2cccc(C#N)c2)=CC1. The first-order valence-corrected chi connectivity index (χ1v) is 9.55. The van der Waals surface area contributed by atoms with Gasteiger partial charge in [-0.25, -0.2) is 0 Å². The molecule has 0 spiro atoms. The van der Waals surface area contributed by atoms with E-state index < -0.39 is 16.7 Å². The zero-order valence-electron chi connectivity index (χ0n) is 16.5. The van der Waals surface area contributed by atoms with Crippen LogP contribution in [0.25, 0.3) is 5.57 Å². The number of hydrogen-bond acceptors (Lipinski definition) is 7. The number of nitrogens with one attached hydrogen (secondary N) is 1. The van der Waals surface area contributed by atoms with Gasteiger partial charge in [-0.05, 0) is 35.4 Å². The van der Waals surface area contributed by atoms with E-state index in [4.69, 9.17) is 10.00 Å². The number of rotatable bonds is 6. The second-order valence-electron chi connectivity index (χ2n) is 7.66. The predicted octanol–water partition coefficient (Wildman–Crippen LogP) is 4.35. The van der Waals surface area contributed by atoms with Gasteiger partial charge >= 0.3 is 0 Å². The Hall–Kier alpha value is -4.03. The number of nitro groups is 2. The molecule has 1 heterocycles. The molecule has 156 valence electrons. The van der Waals surface area contributed by atoms with Crippen LogP contribution in [0.3, 0.4) is 0 Å². The number of allylic oxidation sites excluding steroid dienone is 2. The van der Waals surface area contributed by atoms with Crippen LogP contribution in [0.1, 0.15) is 36.1 Å². The molecule has 1 aliphatic heterocycles. The van der Waals surface area contributed by atoms with Crippen LogP contribution < -0.4 is 5.32 Å². The summed E-state index contributed by atoms with van der Waals surface area (Å²) in [6.45, 7) is 1.55. The van der Waals surface area contributed by atoms with E-state index in [1.165, 1.54) is 18.2 Å². The Morgan fingerprint density at radius 3 is 2.68 bits per heavy atom. The maximum absolute atomic E-state index is 11.3. The minimum Gasteiger partial charge on any atom is -0.357 e. The Bertz CT molecular complexity index is 1180. The zero-order valence-corrected chi connectivity index (χ0v) is 16.5. The van der Waals surface area contributed by atoms with E-state index in [-0.39, 0.29) is 23.1 Å². The third kappa shape index (κ3) is 4.01. The van der Waals surface area contributed by atoms with Gasteiger partial charge in [0.05, 0.1) is 22.2 Å². The lowest BCUT2D eigenvalue weighted by Gasteiger charge is -2.20. The minimum absolute atomic E-state index is 0.0783. The summed E-state index contributed by atoms with van der Waals surface area (Å²) in [4.78, 5) is 21.7. The summed E-state index contributed by atoms with van der Waals surface area (Å²) in [5.74, 6) is 0. The summed E-state index contributed by atoms with van der Waals surface area (Å²) in [7, 11) is 0. The van der Waals surface area contributed by atoms with Gasteiger partial charge in [-0.1, -0.05) is 24.3 Å². The van der Waals surface area contributed by atoms with Crippen molar-refractivity contribution in [2.24, 2.45) is 0 Å². The Kier molecular flexibility index (Phi) is 5.01. The molecule has 0 saturated carbocycles. The van der Waals surface area contributed by atoms with Gasteiger partial charge in [-0.2, -0.15) is 5.26 Å². The summed E-state index contributed by atoms with van der Waals surface area (Å²) in [5.41, 5.74) is 2.03. The van der Waals surface area contributed by atoms with Gasteiger partial charge in [0.25, 0.3) is 5.69 Å². The fourth-order valence-corrected chi connectivity index (χ4v) is 3.49. The molecule has 9 nitrogen and oxygen atoms in total. The standard InChI is InChI=1S/C22H18N4O5/c1-22(26(29)30)9-7-15(8-10-22)18-6-5-17(25(27)28)12-19(18)24-21-20(31-21)16-4-2-3-14(11-16)13-23/h2-9,11-12,20-21,24H,10H2,1H3. The van der Waals surface area contributed by atoms with Crippen LogP contribution in [-0.4, -0.2) is 21.6 Å². The van der Waals surface area contributed by atoms with Crippen molar-refractivity contribution in [1.82, 2.24) is 0 Å². The number of ether oxygens (including phenoxy) is 1. The van der Waals surface area contributed by atoms with E-state index in [1.807, 2.05) is 6.07 Å². The number of nitro benzene ring substituents is 1. The molecule has 0 amide bonds. The second-order valence-corrected chi connectivity index (χ2v) is 7.66. The molecule has 0 aromatic heterocycles. The van der Waals surface area contributed by atoms with Gasteiger partial charge in [0.2, 0.25) is 5.54 Å². The van der Waals surface area contributed by atoms with Gasteiger partial charge in [-0.15, -0.1) is 0 Å². The van der Waals surface area contributed by atoms with E-state index in [0.717, 1.165) is 11.1 Å². The van der Waals surface area contributed by atoms with E-state index in [1.54, 1.807) is 43.3 Å². The van der Waals surface area contributed by atoms with Gasteiger partial charge in [-0.3, -0.25) is 20.2 Å². The third-order valence-electron chi connectivity index (χ3n) is 5.43. The fraction of sp³-hybridized carbons (Fsp3) is 0.227. The average Bonchev–Trinajstić information content (AvgIpc) is 3.53. The summed E-state index contributed by atoms with van der Waals surface area (Å²) < 4.78 is 5.70. The molecular formula is C22H18N4O5. The Morgan fingerprint density at radius 2 is 2.03 bits per heavy atom. The van der Waals surface area contributed by atoms with Gasteiger partial charge in [0.1, 0.15) is 6.10 Å². The third-order valence-corrected chi connectivity index (χ3v) is 5.43. The number of epoxide rings is 1. The van der Waals surface area contributed by atoms with Crippen molar-refractivity contribution in [3.63, 3.8) is 0 Å². The lowest BCUT2D eigenvalue weighted by molar-refractivity contribution is -0.549. The number of nitriles is 1. The predicted molar refractivity (Wildman–Crippen MR) is 113 cm³/mol. The van der Waals surface area contributed by atoms with Crippen LogP contribution in [-0.2, 0) is 4.74 Å². The highest BCUT2D eigenvalue weighted by Crippen LogP contribution is 2.42. The molecule has 2 aromatic rings. The zero-order chi connectivity index (χ0) is 22.2. The van der Waals surface area contributed by atoms with Crippen LogP contribution in [0.5, 0.6) is 0 Å². The normalized spacial score (nSPS) is 24.1. The molecule has 0 bridgehead atoms. The number of nitrogens with zero attached hydrogens (tertiary/aromatic N) is 3. The Balaban J connectivity index is 1.60. The van der Waals surface area contributed by atoms with E-state index >= 15 is 0 Å². The van der Waals surface area contributed by atoms with Crippen molar-refractivity contribution in [1.29, 1.82) is 5.26 Å². The molecule has 3 unspecified atom stereocenters. The lowest BCUT2D eigenvalue weighted by atomic mass is 9.88. The van der Waals surface area contributed by atoms with Crippen LogP contribution in [0.4, 0.5) is 11.4 Å². The van der Waals surface area contributed by atoms with Crippen LogP contribution in [0, 0.1) is 31.6 Å². The molecule has 9 heteroatoms. The van der Waals surface area contributed by atoms with Gasteiger partial charge in [0, 0.05) is 36.0 Å². The maximum Gasteiger partial charge on any atom is 0.271 e. The average molecular weight is 418 g/mol. The van der Waals surface area contributed by atoms with Crippen molar-refractivity contribution < 1.29 is 14.6 Å². The first-order valence-electron chi connectivity index (χ1n) is 9.55. The highest BCUT2D eigenvalue weighted by molar-refractivity contribution is 5.84. The first-order chi connectivity index (χ1) is 14.8. The molecule has 2 aliphatic rings. The summed E-state index contributed by atoms with van der Waals surface area (Å²) in [5, 5.41) is 34.8. The minimum atomic E-state index is -1.17. The van der Waals surface area contributed by atoms with Crippen molar-refractivity contribution in [3.05, 3.63) is 97.6 Å². The molecule has 1 fully saturated rings. The quantitative estimate of drug-likeness (QED) is 0.418. The van der Waals surface area contributed by atoms with Crippen LogP contribution >= 0.6 is 0 Å². The van der Waals surface area contributed by atoms with Crippen LogP contribution in [0.15, 0.2) is 60.7 Å². The molecule has 1 aliphatic carbocycles. The summed E-state index contributed by atoms with van der Waals surface area (Å²) >= 11 is 0. The van der Waals surface area contributed by atoms with E-state index in [0.29, 0.717) is 16.8 Å². The second kappa shape index (κ2) is 7.66. The molecule has 4 rings (SSSR count). The summed E-state index contributed by atoms with van der Waals surface area (Å²) in [6.07, 6.45) is 4.49. The maximum atomic E-state index is 11.3. The van der Waals surface area contributed by atoms with Crippen LogP contribution in [0.2, 0.25) is 0 Å². The number of benzene rings is 2. The van der Waals surface area contributed by atoms with Crippen molar-refractivity contribution in [2.45, 2.75) is 31.2 Å². The number of anilines is 1. The highest BCUT2D eigenvalue weighted by atomic mass is 16.6. The van der Waals surface area contributed by atoms with E-state index in [2.05, 4.69) is 11.4 Å². The molecular weight excluding hydrogens is 400 g/mol. The molecule has 31 heavy (non-hydrogen) atoms. The largest absolute Gasteiger partial charge is 0.357 e. The van der Waals surface area contributed by atoms with Crippen molar-refractivity contribution in [2.75, 3.05) is 5.32 Å². The Labute approximate surface area is 177 Å². The monoisotopic (exact) mass is 418 g/mol. The first kappa shape index (κ1) is 20.3. The number of hydrogen-bond donors (Lipinski definition) is 1. The van der Waals surface area contributed by atoms with Crippen molar-refractivity contribution in [3.8, 4) is 6.07 Å². The highest BCUT2D eigenvalue weighted by Gasteiger charge is 2.41. The van der Waals surface area contributed by atoms with E-state index in [9.17, 15) is 20.2 Å². The molecule has 1 N–H and O–H groups in total.